The molecule has 2 rings (SSSR count). The molecule has 0 bridgehead atoms. The van der Waals surface area contributed by atoms with Crippen LogP contribution in [-0.4, -0.2) is 4.98 Å². The number of nitrogens with zero attached hydrogens (tertiary/aromatic N) is 1. The molecule has 0 fully saturated rings. The van der Waals surface area contributed by atoms with Crippen LogP contribution in [0.5, 0.6) is 11.6 Å². The normalized spacial score (nSPS) is 11.4. The zero-order valence-electron chi connectivity index (χ0n) is 9.71. The average Bonchev–Trinajstić information content (AvgIpc) is 2.35. The SMILES string of the molecule is Nc1cc(Cl)c(Cl)cc1Oc1ccc(C(F)(F)F)cn1. The number of ether oxygens (including phenoxy) is 1. The fourth-order valence-electron chi connectivity index (χ4n) is 1.35. The van der Waals surface area contributed by atoms with Crippen LogP contribution in [0.15, 0.2) is 30.5 Å². The number of hydrogen-bond donors (Lipinski definition) is 1. The van der Waals surface area contributed by atoms with Crippen molar-refractivity contribution in [3.8, 4) is 11.6 Å². The number of rotatable bonds is 2. The number of anilines is 1. The number of benzene rings is 1. The summed E-state index contributed by atoms with van der Waals surface area (Å²) < 4.78 is 42.4. The van der Waals surface area contributed by atoms with Crippen molar-refractivity contribution in [2.45, 2.75) is 6.18 Å². The number of alkyl halides is 3. The van der Waals surface area contributed by atoms with Crippen LogP contribution in [0.2, 0.25) is 10.0 Å². The molecule has 8 heteroatoms. The lowest BCUT2D eigenvalue weighted by Crippen LogP contribution is -2.05. The van der Waals surface area contributed by atoms with E-state index in [1.54, 1.807) is 0 Å². The first-order valence-electron chi connectivity index (χ1n) is 5.23. The average molecular weight is 323 g/mol. The van der Waals surface area contributed by atoms with Crippen LogP contribution in [0.1, 0.15) is 5.56 Å². The van der Waals surface area contributed by atoms with E-state index in [9.17, 15) is 13.2 Å². The van der Waals surface area contributed by atoms with Gasteiger partial charge < -0.3 is 10.5 Å². The lowest BCUT2D eigenvalue weighted by molar-refractivity contribution is -0.137. The molecule has 0 radical (unpaired) electrons. The Morgan fingerprint density at radius 2 is 1.75 bits per heavy atom. The van der Waals surface area contributed by atoms with Crippen molar-refractivity contribution in [2.75, 3.05) is 5.73 Å². The highest BCUT2D eigenvalue weighted by Crippen LogP contribution is 2.35. The number of nitrogens with two attached hydrogens (primary N) is 1. The second kappa shape index (κ2) is 5.38. The first kappa shape index (κ1) is 14.7. The van der Waals surface area contributed by atoms with Crippen molar-refractivity contribution in [3.63, 3.8) is 0 Å². The van der Waals surface area contributed by atoms with Crippen LogP contribution in [0, 0.1) is 0 Å². The van der Waals surface area contributed by atoms with E-state index >= 15 is 0 Å². The first-order valence-corrected chi connectivity index (χ1v) is 5.98. The molecule has 20 heavy (non-hydrogen) atoms. The minimum Gasteiger partial charge on any atom is -0.437 e. The molecule has 0 spiro atoms. The van der Waals surface area contributed by atoms with Gasteiger partial charge in [0.1, 0.15) is 0 Å². The Kier molecular flexibility index (Phi) is 3.96. The number of nitrogen functional groups attached to an aromatic ring is 1. The van der Waals surface area contributed by atoms with E-state index in [4.69, 9.17) is 33.7 Å². The second-order valence-electron chi connectivity index (χ2n) is 3.79. The van der Waals surface area contributed by atoms with Crippen molar-refractivity contribution in [3.05, 3.63) is 46.1 Å². The third-order valence-corrected chi connectivity index (χ3v) is 3.05. The minimum absolute atomic E-state index is 0.0388. The molecule has 1 aromatic carbocycles. The molecule has 0 atom stereocenters. The van der Waals surface area contributed by atoms with Gasteiger partial charge in [0, 0.05) is 18.3 Å². The highest BCUT2D eigenvalue weighted by molar-refractivity contribution is 6.42. The summed E-state index contributed by atoms with van der Waals surface area (Å²) in [4.78, 5) is 3.56. The molecule has 0 saturated heterocycles. The summed E-state index contributed by atoms with van der Waals surface area (Å²) in [5.74, 6) is 0.120. The van der Waals surface area contributed by atoms with Gasteiger partial charge >= 0.3 is 6.18 Å². The lowest BCUT2D eigenvalue weighted by atomic mass is 10.3. The summed E-state index contributed by atoms with van der Waals surface area (Å²) in [7, 11) is 0. The van der Waals surface area contributed by atoms with Crippen molar-refractivity contribution >= 4 is 28.9 Å². The molecule has 2 N–H and O–H groups in total. The van der Waals surface area contributed by atoms with Gasteiger partial charge in [-0.2, -0.15) is 13.2 Å². The van der Waals surface area contributed by atoms with Crippen LogP contribution in [0.3, 0.4) is 0 Å². The van der Waals surface area contributed by atoms with Gasteiger partial charge in [0.2, 0.25) is 5.88 Å². The molecule has 2 aromatic rings. The van der Waals surface area contributed by atoms with Crippen LogP contribution >= 0.6 is 23.2 Å². The lowest BCUT2D eigenvalue weighted by Gasteiger charge is -2.10. The number of aromatic nitrogens is 1. The Bertz CT molecular complexity index is 630. The molecule has 0 saturated carbocycles. The largest absolute Gasteiger partial charge is 0.437 e. The number of pyridine rings is 1. The quantitative estimate of drug-likeness (QED) is 0.809. The predicted molar refractivity (Wildman–Crippen MR) is 70.2 cm³/mol. The second-order valence-corrected chi connectivity index (χ2v) is 4.60. The Hall–Kier alpha value is -1.66. The Balaban J connectivity index is 2.25. The van der Waals surface area contributed by atoms with Gasteiger partial charge in [0.15, 0.2) is 5.75 Å². The van der Waals surface area contributed by atoms with Crippen molar-refractivity contribution in [2.24, 2.45) is 0 Å². The molecule has 1 heterocycles. The Morgan fingerprint density at radius 1 is 1.10 bits per heavy atom. The zero-order chi connectivity index (χ0) is 14.9. The molecular weight excluding hydrogens is 316 g/mol. The third-order valence-electron chi connectivity index (χ3n) is 2.33. The standard InChI is InChI=1S/C12H7Cl2F3N2O/c13-7-3-9(18)10(4-8(7)14)20-11-2-1-6(5-19-11)12(15,16)17/h1-5H,18H2. The highest BCUT2D eigenvalue weighted by Gasteiger charge is 2.30. The topological polar surface area (TPSA) is 48.1 Å². The van der Waals surface area contributed by atoms with E-state index < -0.39 is 11.7 Å². The molecule has 3 nitrogen and oxygen atoms in total. The number of hydrogen-bond acceptors (Lipinski definition) is 3. The van der Waals surface area contributed by atoms with E-state index in [1.165, 1.54) is 12.1 Å². The van der Waals surface area contributed by atoms with E-state index in [-0.39, 0.29) is 27.4 Å². The summed E-state index contributed by atoms with van der Waals surface area (Å²) in [5, 5.41) is 0.458. The van der Waals surface area contributed by atoms with Gasteiger partial charge in [-0.05, 0) is 12.1 Å². The Morgan fingerprint density at radius 3 is 2.30 bits per heavy atom. The van der Waals surface area contributed by atoms with Crippen LogP contribution in [0.4, 0.5) is 18.9 Å². The summed E-state index contributed by atoms with van der Waals surface area (Å²) in [6.45, 7) is 0. The van der Waals surface area contributed by atoms with Gasteiger partial charge in [-0.1, -0.05) is 23.2 Å². The van der Waals surface area contributed by atoms with Gasteiger partial charge in [-0.3, -0.25) is 0 Å². The Labute approximate surface area is 122 Å². The smallest absolute Gasteiger partial charge is 0.417 e. The van der Waals surface area contributed by atoms with Crippen LogP contribution in [-0.2, 0) is 6.18 Å². The van der Waals surface area contributed by atoms with E-state index in [0.717, 1.165) is 12.1 Å². The van der Waals surface area contributed by atoms with Crippen molar-refractivity contribution in [1.29, 1.82) is 0 Å². The maximum atomic E-state index is 12.4. The third kappa shape index (κ3) is 3.26. The maximum Gasteiger partial charge on any atom is 0.417 e. The summed E-state index contributed by atoms with van der Waals surface area (Å²) in [6.07, 6.45) is -3.78. The van der Waals surface area contributed by atoms with Gasteiger partial charge in [-0.15, -0.1) is 0 Å². The molecule has 106 valence electrons. The fraction of sp³-hybridized carbons (Fsp3) is 0.0833. The van der Waals surface area contributed by atoms with Crippen LogP contribution < -0.4 is 10.5 Å². The summed E-state index contributed by atoms with van der Waals surface area (Å²) >= 11 is 11.6. The van der Waals surface area contributed by atoms with E-state index in [1.807, 2.05) is 0 Å². The summed E-state index contributed by atoms with van der Waals surface area (Å²) in [5.41, 5.74) is 4.99. The predicted octanol–water partition coefficient (Wildman–Crippen LogP) is 4.78. The molecular formula is C12H7Cl2F3N2O. The van der Waals surface area contributed by atoms with Gasteiger partial charge in [-0.25, -0.2) is 4.98 Å². The molecule has 0 aliphatic rings. The van der Waals surface area contributed by atoms with Crippen LogP contribution in [0.25, 0.3) is 0 Å². The molecule has 0 unspecified atom stereocenters. The van der Waals surface area contributed by atoms with E-state index in [0.29, 0.717) is 6.20 Å². The van der Waals surface area contributed by atoms with Crippen molar-refractivity contribution in [1.82, 2.24) is 4.98 Å². The summed E-state index contributed by atoms with van der Waals surface area (Å²) in [6, 6.07) is 4.68. The maximum absolute atomic E-state index is 12.4. The molecule has 1 aromatic heterocycles. The van der Waals surface area contributed by atoms with Crippen molar-refractivity contribution < 1.29 is 17.9 Å². The highest BCUT2D eigenvalue weighted by atomic mass is 35.5. The molecule has 0 aliphatic heterocycles. The number of halogens is 5. The monoisotopic (exact) mass is 322 g/mol. The molecule has 0 aliphatic carbocycles. The zero-order valence-corrected chi connectivity index (χ0v) is 11.2. The van der Waals surface area contributed by atoms with Gasteiger partial charge in [0.25, 0.3) is 0 Å². The minimum atomic E-state index is -4.45. The first-order chi connectivity index (χ1) is 9.27. The van der Waals surface area contributed by atoms with E-state index in [2.05, 4.69) is 4.98 Å². The fourth-order valence-corrected chi connectivity index (χ4v) is 1.68. The van der Waals surface area contributed by atoms with Gasteiger partial charge in [0.05, 0.1) is 21.3 Å². The molecule has 0 amide bonds.